The van der Waals surface area contributed by atoms with Crippen molar-refractivity contribution in [3.05, 3.63) is 65.2 Å². The number of hydrogen-bond acceptors (Lipinski definition) is 3. The Bertz CT molecular complexity index is 748. The van der Waals surface area contributed by atoms with Gasteiger partial charge in [0.15, 0.2) is 0 Å². The van der Waals surface area contributed by atoms with Crippen LogP contribution >= 0.6 is 0 Å². The van der Waals surface area contributed by atoms with Gasteiger partial charge in [-0.05, 0) is 23.8 Å². The number of halogens is 2. The molecule has 0 heterocycles. The average molecular weight is 313 g/mol. The summed E-state index contributed by atoms with van der Waals surface area (Å²) < 4.78 is 53.3. The predicted molar refractivity (Wildman–Crippen MR) is 72.7 cm³/mol. The van der Waals surface area contributed by atoms with E-state index in [1.165, 1.54) is 24.3 Å². The van der Waals surface area contributed by atoms with Crippen LogP contribution in [-0.2, 0) is 23.2 Å². The smallest absolute Gasteiger partial charge is 0.243 e. The lowest BCUT2D eigenvalue weighted by Gasteiger charge is -2.09. The van der Waals surface area contributed by atoms with Crippen LogP contribution in [0.1, 0.15) is 11.1 Å². The number of sulfonamides is 1. The molecule has 0 amide bonds. The molecule has 2 rings (SSSR count). The van der Waals surface area contributed by atoms with Crippen molar-refractivity contribution >= 4 is 10.0 Å². The van der Waals surface area contributed by atoms with Crippen LogP contribution in [0.2, 0.25) is 0 Å². The molecule has 112 valence electrons. The molecule has 0 bridgehead atoms. The zero-order chi connectivity index (χ0) is 15.5. The lowest BCUT2D eigenvalue weighted by Crippen LogP contribution is -2.24. The fraction of sp³-hybridized carbons (Fsp3) is 0.143. The van der Waals surface area contributed by atoms with E-state index in [9.17, 15) is 17.2 Å². The monoisotopic (exact) mass is 313 g/mol. The first-order chi connectivity index (χ1) is 9.94. The molecule has 0 saturated heterocycles. The Labute approximate surface area is 121 Å². The first kappa shape index (κ1) is 15.6. The molecule has 0 aliphatic heterocycles. The van der Waals surface area contributed by atoms with E-state index >= 15 is 0 Å². The highest BCUT2D eigenvalue weighted by Crippen LogP contribution is 2.17. The lowest BCUT2D eigenvalue weighted by atomic mass is 10.2. The zero-order valence-corrected chi connectivity index (χ0v) is 11.7. The van der Waals surface area contributed by atoms with Crippen LogP contribution in [0.25, 0.3) is 0 Å². The molecule has 2 aromatic carbocycles. The van der Waals surface area contributed by atoms with Crippen molar-refractivity contribution in [2.24, 2.45) is 0 Å². The first-order valence-electron chi connectivity index (χ1n) is 6.06. The van der Waals surface area contributed by atoms with E-state index in [1.807, 2.05) is 0 Å². The third-order valence-corrected chi connectivity index (χ3v) is 4.31. The summed E-state index contributed by atoms with van der Waals surface area (Å²) in [5.41, 5.74) is 0.425. The molecule has 0 fully saturated rings. The van der Waals surface area contributed by atoms with Gasteiger partial charge in [-0.25, -0.2) is 21.9 Å². The van der Waals surface area contributed by atoms with Gasteiger partial charge in [-0.1, -0.05) is 24.3 Å². The number of aliphatic hydroxyl groups is 1. The molecule has 0 aliphatic rings. The van der Waals surface area contributed by atoms with E-state index in [2.05, 4.69) is 4.72 Å². The van der Waals surface area contributed by atoms with Crippen molar-refractivity contribution < 1.29 is 22.3 Å². The summed E-state index contributed by atoms with van der Waals surface area (Å²) in [4.78, 5) is -0.545. The Kier molecular flexibility index (Phi) is 4.66. The van der Waals surface area contributed by atoms with E-state index in [0.29, 0.717) is 0 Å². The first-order valence-corrected chi connectivity index (χ1v) is 7.54. The highest BCUT2D eigenvalue weighted by atomic mass is 32.2. The summed E-state index contributed by atoms with van der Waals surface area (Å²) in [7, 11) is -4.10. The maximum Gasteiger partial charge on any atom is 0.243 e. The highest BCUT2D eigenvalue weighted by molar-refractivity contribution is 7.89. The summed E-state index contributed by atoms with van der Waals surface area (Å²) >= 11 is 0. The normalized spacial score (nSPS) is 11.6. The lowest BCUT2D eigenvalue weighted by molar-refractivity contribution is 0.281. The molecule has 0 saturated carbocycles. The largest absolute Gasteiger partial charge is 0.392 e. The predicted octanol–water partition coefficient (Wildman–Crippen LogP) is 1.94. The van der Waals surface area contributed by atoms with Crippen molar-refractivity contribution in [1.82, 2.24) is 4.72 Å². The summed E-state index contributed by atoms with van der Waals surface area (Å²) in [5, 5.41) is 8.86. The quantitative estimate of drug-likeness (QED) is 0.886. The molecule has 21 heavy (non-hydrogen) atoms. The molecule has 0 aliphatic carbocycles. The summed E-state index contributed by atoms with van der Waals surface area (Å²) in [6.45, 7) is -0.671. The molecule has 2 N–H and O–H groups in total. The molecule has 0 unspecified atom stereocenters. The van der Waals surface area contributed by atoms with Gasteiger partial charge >= 0.3 is 0 Å². The second-order valence-corrected chi connectivity index (χ2v) is 6.07. The van der Waals surface area contributed by atoms with E-state index in [4.69, 9.17) is 5.11 Å². The third-order valence-electron chi connectivity index (χ3n) is 2.88. The van der Waals surface area contributed by atoms with E-state index < -0.39 is 26.6 Å². The van der Waals surface area contributed by atoms with Gasteiger partial charge in [0, 0.05) is 12.1 Å². The molecule has 7 heteroatoms. The molecule has 0 atom stereocenters. The maximum absolute atomic E-state index is 13.7. The summed E-state index contributed by atoms with van der Waals surface area (Å²) in [6, 6.07) is 9.01. The van der Waals surface area contributed by atoms with Crippen molar-refractivity contribution in [2.45, 2.75) is 18.0 Å². The van der Waals surface area contributed by atoms with Gasteiger partial charge < -0.3 is 5.11 Å². The zero-order valence-electron chi connectivity index (χ0n) is 10.9. The fourth-order valence-electron chi connectivity index (χ4n) is 1.75. The Balaban J connectivity index is 2.21. The van der Waals surface area contributed by atoms with Crippen LogP contribution in [0.3, 0.4) is 0 Å². The number of nitrogens with one attached hydrogen (secondary N) is 1. The summed E-state index contributed by atoms with van der Waals surface area (Å²) in [5.74, 6) is -1.51. The van der Waals surface area contributed by atoms with Crippen molar-refractivity contribution in [1.29, 1.82) is 0 Å². The molecule has 2 aromatic rings. The van der Waals surface area contributed by atoms with Gasteiger partial charge in [-0.3, -0.25) is 0 Å². The molecular formula is C14H13F2NO3S. The number of benzene rings is 2. The second kappa shape index (κ2) is 6.30. The minimum atomic E-state index is -4.10. The Morgan fingerprint density at radius 1 is 1.05 bits per heavy atom. The third kappa shape index (κ3) is 3.63. The molecule has 4 nitrogen and oxygen atoms in total. The minimum Gasteiger partial charge on any atom is -0.392 e. The number of rotatable bonds is 5. The van der Waals surface area contributed by atoms with Gasteiger partial charge in [-0.2, -0.15) is 0 Å². The molecule has 0 radical (unpaired) electrons. The van der Waals surface area contributed by atoms with Crippen molar-refractivity contribution in [3.8, 4) is 0 Å². The van der Waals surface area contributed by atoms with Gasteiger partial charge in [0.2, 0.25) is 10.0 Å². The van der Waals surface area contributed by atoms with Crippen LogP contribution in [0.4, 0.5) is 8.78 Å². The Morgan fingerprint density at radius 3 is 2.38 bits per heavy atom. The van der Waals surface area contributed by atoms with Gasteiger partial charge in [0.05, 0.1) is 6.61 Å². The minimum absolute atomic E-state index is 0.161. The standard InChI is InChI=1S/C14H13F2NO3S/c15-12-4-2-1-3-11(12)8-17-21(19,20)14-6-5-10(9-18)7-13(14)16/h1-7,17-18H,8-9H2. The SMILES string of the molecule is O=S(=O)(NCc1ccccc1F)c1ccc(CO)cc1F. The van der Waals surface area contributed by atoms with Gasteiger partial charge in [0.25, 0.3) is 0 Å². The fourth-order valence-corrected chi connectivity index (χ4v) is 2.82. The molecule has 0 aromatic heterocycles. The van der Waals surface area contributed by atoms with Crippen LogP contribution in [0.15, 0.2) is 47.4 Å². The van der Waals surface area contributed by atoms with Crippen LogP contribution in [0, 0.1) is 11.6 Å². The van der Waals surface area contributed by atoms with E-state index in [1.54, 1.807) is 6.07 Å². The van der Waals surface area contributed by atoms with Gasteiger partial charge in [-0.15, -0.1) is 0 Å². The Morgan fingerprint density at radius 2 is 1.76 bits per heavy atom. The highest BCUT2D eigenvalue weighted by Gasteiger charge is 2.19. The maximum atomic E-state index is 13.7. The second-order valence-electron chi connectivity index (χ2n) is 4.34. The van der Waals surface area contributed by atoms with E-state index in [-0.39, 0.29) is 24.3 Å². The van der Waals surface area contributed by atoms with Crippen molar-refractivity contribution in [3.63, 3.8) is 0 Å². The Hall–Kier alpha value is -1.83. The number of aliphatic hydroxyl groups excluding tert-OH is 1. The topological polar surface area (TPSA) is 66.4 Å². The van der Waals surface area contributed by atoms with Crippen LogP contribution in [-0.4, -0.2) is 13.5 Å². The van der Waals surface area contributed by atoms with Gasteiger partial charge in [0.1, 0.15) is 16.5 Å². The van der Waals surface area contributed by atoms with Crippen molar-refractivity contribution in [2.75, 3.05) is 0 Å². The average Bonchev–Trinajstić information content (AvgIpc) is 2.46. The summed E-state index contributed by atoms with van der Waals surface area (Å²) in [6.07, 6.45) is 0. The molecule has 0 spiro atoms. The van der Waals surface area contributed by atoms with Crippen LogP contribution in [0.5, 0.6) is 0 Å². The van der Waals surface area contributed by atoms with E-state index in [0.717, 1.165) is 12.1 Å². The van der Waals surface area contributed by atoms with Crippen LogP contribution < -0.4 is 4.72 Å². The molecular weight excluding hydrogens is 300 g/mol. The number of hydrogen-bond donors (Lipinski definition) is 2.